The van der Waals surface area contributed by atoms with Crippen molar-refractivity contribution >= 4 is 40.1 Å². The number of amides is 1. The number of carbonyl (C=O) groups is 1. The van der Waals surface area contributed by atoms with Crippen molar-refractivity contribution in [2.75, 3.05) is 0 Å². The second kappa shape index (κ2) is 7.27. The minimum atomic E-state index is -0.0885. The number of benzene rings is 2. The summed E-state index contributed by atoms with van der Waals surface area (Å²) in [7, 11) is 0. The van der Waals surface area contributed by atoms with E-state index in [4.69, 9.17) is 11.6 Å². The van der Waals surface area contributed by atoms with Crippen molar-refractivity contribution in [2.45, 2.75) is 26.3 Å². The Hall–Kier alpha value is -1.07. The van der Waals surface area contributed by atoms with Gasteiger partial charge in [0.15, 0.2) is 0 Å². The van der Waals surface area contributed by atoms with E-state index in [0.29, 0.717) is 10.6 Å². The highest BCUT2D eigenvalue weighted by molar-refractivity contribution is 14.1. The Bertz CT molecular complexity index is 657. The molecule has 1 atom stereocenters. The maximum Gasteiger partial charge on any atom is 0.251 e. The topological polar surface area (TPSA) is 29.1 Å². The molecule has 0 aliphatic heterocycles. The minimum absolute atomic E-state index is 0.0663. The largest absolute Gasteiger partial charge is 0.349 e. The van der Waals surface area contributed by atoms with Crippen molar-refractivity contribution in [3.05, 3.63) is 67.7 Å². The molecule has 2 aromatic carbocycles. The van der Waals surface area contributed by atoms with Crippen LogP contribution >= 0.6 is 34.2 Å². The molecule has 1 N–H and O–H groups in total. The number of carbonyl (C=O) groups excluding carboxylic acids is 1. The summed E-state index contributed by atoms with van der Waals surface area (Å²) in [5, 5.41) is 3.62. The molecule has 21 heavy (non-hydrogen) atoms. The quantitative estimate of drug-likeness (QED) is 0.729. The summed E-state index contributed by atoms with van der Waals surface area (Å²) in [4.78, 5) is 12.2. The Morgan fingerprint density at radius 2 is 2.00 bits per heavy atom. The summed E-state index contributed by atoms with van der Waals surface area (Å²) in [5.74, 6) is -0.0885. The highest BCUT2D eigenvalue weighted by atomic mass is 127. The van der Waals surface area contributed by atoms with E-state index in [0.717, 1.165) is 9.99 Å². The van der Waals surface area contributed by atoms with Gasteiger partial charge in [0.05, 0.1) is 5.02 Å². The Kier molecular flexibility index (Phi) is 5.65. The summed E-state index contributed by atoms with van der Waals surface area (Å²) in [6, 6.07) is 13.7. The summed E-state index contributed by atoms with van der Waals surface area (Å²) in [6.07, 6.45) is 0.816. The van der Waals surface area contributed by atoms with Gasteiger partial charge in [-0.3, -0.25) is 4.79 Å². The van der Waals surface area contributed by atoms with Gasteiger partial charge in [0.1, 0.15) is 0 Å². The number of rotatable bonds is 4. The number of aryl methyl sites for hydroxylation is 1. The van der Waals surface area contributed by atoms with E-state index in [9.17, 15) is 4.79 Å². The molecule has 0 saturated carbocycles. The zero-order valence-electron chi connectivity index (χ0n) is 12.0. The van der Waals surface area contributed by atoms with Gasteiger partial charge >= 0.3 is 0 Å². The average Bonchev–Trinajstić information content (AvgIpc) is 2.44. The van der Waals surface area contributed by atoms with E-state index >= 15 is 0 Å². The van der Waals surface area contributed by atoms with Crippen LogP contribution in [-0.4, -0.2) is 11.9 Å². The molecule has 2 nitrogen and oxygen atoms in total. The summed E-state index contributed by atoms with van der Waals surface area (Å²) < 4.78 is 0.943. The molecule has 0 aromatic heterocycles. The van der Waals surface area contributed by atoms with E-state index in [1.807, 2.05) is 25.1 Å². The SMILES string of the molecule is Cc1ccccc1CC(C)NC(=O)c1ccc(I)c(Cl)c1. The van der Waals surface area contributed by atoms with E-state index in [2.05, 4.69) is 47.0 Å². The van der Waals surface area contributed by atoms with Gasteiger partial charge in [-0.25, -0.2) is 0 Å². The normalized spacial score (nSPS) is 12.0. The predicted octanol–water partition coefficient (Wildman–Crippen LogP) is 4.61. The second-order valence-corrected chi connectivity index (χ2v) is 6.70. The lowest BCUT2D eigenvalue weighted by Gasteiger charge is -2.15. The number of nitrogens with one attached hydrogen (secondary N) is 1. The van der Waals surface area contributed by atoms with Crippen molar-refractivity contribution in [2.24, 2.45) is 0 Å². The van der Waals surface area contributed by atoms with Crippen molar-refractivity contribution in [3.63, 3.8) is 0 Å². The highest BCUT2D eigenvalue weighted by Crippen LogP contribution is 2.19. The summed E-state index contributed by atoms with van der Waals surface area (Å²) in [6.45, 7) is 4.10. The highest BCUT2D eigenvalue weighted by Gasteiger charge is 2.12. The molecule has 0 fully saturated rings. The summed E-state index contributed by atoms with van der Waals surface area (Å²) in [5.41, 5.74) is 3.10. The first-order valence-corrected chi connectivity index (χ1v) is 8.23. The molecule has 0 saturated heterocycles. The molecule has 0 heterocycles. The van der Waals surface area contributed by atoms with Gasteiger partial charge in [0.2, 0.25) is 0 Å². The van der Waals surface area contributed by atoms with Crippen molar-refractivity contribution in [1.82, 2.24) is 5.32 Å². The van der Waals surface area contributed by atoms with Gasteiger partial charge in [-0.15, -0.1) is 0 Å². The first kappa shape index (κ1) is 16.3. The van der Waals surface area contributed by atoms with Gasteiger partial charge in [-0.1, -0.05) is 35.9 Å². The lowest BCUT2D eigenvalue weighted by Crippen LogP contribution is -2.34. The zero-order chi connectivity index (χ0) is 15.4. The molecule has 110 valence electrons. The van der Waals surface area contributed by atoms with Crippen LogP contribution in [0.2, 0.25) is 5.02 Å². The fraction of sp³-hybridized carbons (Fsp3) is 0.235. The molecule has 0 aliphatic rings. The molecular formula is C17H17ClINO. The van der Waals surface area contributed by atoms with Crippen LogP contribution in [0.1, 0.15) is 28.4 Å². The third-order valence-electron chi connectivity index (χ3n) is 3.35. The molecule has 0 spiro atoms. The third-order valence-corrected chi connectivity index (χ3v) is 4.92. The van der Waals surface area contributed by atoms with Crippen LogP contribution < -0.4 is 5.32 Å². The Labute approximate surface area is 144 Å². The van der Waals surface area contributed by atoms with Crippen LogP contribution in [0.3, 0.4) is 0 Å². The average molecular weight is 414 g/mol. The molecular weight excluding hydrogens is 397 g/mol. The van der Waals surface area contributed by atoms with Gasteiger partial charge in [0.25, 0.3) is 5.91 Å². The second-order valence-electron chi connectivity index (χ2n) is 5.13. The smallest absolute Gasteiger partial charge is 0.251 e. The Morgan fingerprint density at radius 1 is 1.29 bits per heavy atom. The molecule has 4 heteroatoms. The van der Waals surface area contributed by atoms with Crippen LogP contribution in [0.4, 0.5) is 0 Å². The molecule has 0 bridgehead atoms. The monoisotopic (exact) mass is 413 g/mol. The third kappa shape index (κ3) is 4.45. The van der Waals surface area contributed by atoms with Crippen LogP contribution in [0.5, 0.6) is 0 Å². The van der Waals surface area contributed by atoms with Crippen LogP contribution in [0.15, 0.2) is 42.5 Å². The molecule has 0 radical (unpaired) electrons. The predicted molar refractivity (Wildman–Crippen MR) is 96.0 cm³/mol. The number of hydrogen-bond donors (Lipinski definition) is 1. The van der Waals surface area contributed by atoms with Gasteiger partial charge in [0, 0.05) is 15.2 Å². The van der Waals surface area contributed by atoms with Crippen LogP contribution in [0.25, 0.3) is 0 Å². The van der Waals surface area contributed by atoms with E-state index in [-0.39, 0.29) is 11.9 Å². The van der Waals surface area contributed by atoms with E-state index < -0.39 is 0 Å². The number of halogens is 2. The van der Waals surface area contributed by atoms with Crippen molar-refractivity contribution in [1.29, 1.82) is 0 Å². The Balaban J connectivity index is 2.02. The number of hydrogen-bond acceptors (Lipinski definition) is 1. The van der Waals surface area contributed by atoms with E-state index in [1.165, 1.54) is 11.1 Å². The van der Waals surface area contributed by atoms with Crippen molar-refractivity contribution < 1.29 is 4.79 Å². The van der Waals surface area contributed by atoms with Gasteiger partial charge in [-0.05, 0) is 72.2 Å². The lowest BCUT2D eigenvalue weighted by atomic mass is 10.0. The standard InChI is InChI=1S/C17H17ClINO/c1-11-5-3-4-6-13(11)9-12(2)20-17(21)14-7-8-16(19)15(18)10-14/h3-8,10,12H,9H2,1-2H3,(H,20,21). The molecule has 2 rings (SSSR count). The summed E-state index contributed by atoms with van der Waals surface area (Å²) >= 11 is 8.20. The van der Waals surface area contributed by atoms with Crippen LogP contribution in [-0.2, 0) is 6.42 Å². The van der Waals surface area contributed by atoms with Crippen molar-refractivity contribution in [3.8, 4) is 0 Å². The lowest BCUT2D eigenvalue weighted by molar-refractivity contribution is 0.0940. The fourth-order valence-corrected chi connectivity index (χ4v) is 2.68. The zero-order valence-corrected chi connectivity index (χ0v) is 14.9. The van der Waals surface area contributed by atoms with Crippen LogP contribution in [0, 0.1) is 10.5 Å². The first-order chi connectivity index (χ1) is 9.97. The minimum Gasteiger partial charge on any atom is -0.349 e. The van der Waals surface area contributed by atoms with E-state index in [1.54, 1.807) is 12.1 Å². The first-order valence-electron chi connectivity index (χ1n) is 6.78. The molecule has 0 aliphatic carbocycles. The van der Waals surface area contributed by atoms with Gasteiger partial charge in [-0.2, -0.15) is 0 Å². The Morgan fingerprint density at radius 3 is 2.67 bits per heavy atom. The maximum absolute atomic E-state index is 12.2. The molecule has 2 aromatic rings. The fourth-order valence-electron chi connectivity index (χ4n) is 2.16. The molecule has 1 unspecified atom stereocenters. The maximum atomic E-state index is 12.2. The molecule has 1 amide bonds. The van der Waals surface area contributed by atoms with Gasteiger partial charge < -0.3 is 5.32 Å².